The Morgan fingerprint density at radius 3 is 0.919 bits per heavy atom. The zero-order valence-electron chi connectivity index (χ0n) is 39.1. The third-order valence-electron chi connectivity index (χ3n) is 13.9. The average molecular weight is 930 g/mol. The monoisotopic (exact) mass is 928 g/mol. The molecule has 0 saturated carbocycles. The van der Waals surface area contributed by atoms with E-state index in [-0.39, 0.29) is 64.0 Å². The van der Waals surface area contributed by atoms with Crippen molar-refractivity contribution in [2.24, 2.45) is 0 Å². The first kappa shape index (κ1) is 52.9. The van der Waals surface area contributed by atoms with Crippen LogP contribution in [-0.4, -0.2) is 8.07 Å². The third-order valence-corrected chi connectivity index (χ3v) is 19.8. The van der Waals surface area contributed by atoms with Gasteiger partial charge in [0.15, 0.2) is 0 Å². The second-order valence-electron chi connectivity index (χ2n) is 18.0. The van der Waals surface area contributed by atoms with E-state index in [1.165, 1.54) is 116 Å². The quantitative estimate of drug-likeness (QED) is 0.112. The van der Waals surface area contributed by atoms with Crippen molar-refractivity contribution >= 4 is 23.6 Å². The molecule has 1 unspecified atom stereocenters. The minimum atomic E-state index is -3.18. The number of rotatable bonds is 10. The van der Waals surface area contributed by atoms with E-state index in [1.54, 1.807) is 0 Å². The second-order valence-corrected chi connectivity index (χ2v) is 22.1. The number of allylic oxidation sites excluding steroid dienone is 4. The fraction of sp³-hybridized carbons (Fsp3) is 0.298. The molecule has 320 valence electrons. The molecule has 7 rings (SSSR count). The molecule has 1 aliphatic rings. The van der Waals surface area contributed by atoms with Gasteiger partial charge in [-0.2, -0.15) is 11.1 Å². The summed E-state index contributed by atoms with van der Waals surface area (Å²) < 4.78 is 0. The maximum Gasteiger partial charge on any atom is 4.00 e. The molecule has 0 amide bonds. The molecule has 1 aliphatic carbocycles. The van der Waals surface area contributed by atoms with Gasteiger partial charge in [-0.1, -0.05) is 152 Å². The molecular formula is C57H63Cl3SiTi. The topological polar surface area (TPSA) is 0 Å². The van der Waals surface area contributed by atoms with E-state index >= 15 is 0 Å². The van der Waals surface area contributed by atoms with Crippen LogP contribution in [0.15, 0.2) is 126 Å². The first-order valence-electron chi connectivity index (χ1n) is 21.3. The molecule has 6 aromatic carbocycles. The number of aryl methyl sites for hydroxylation is 9. The molecule has 0 radical (unpaired) electrons. The Hall–Kier alpha value is -3.40. The second kappa shape index (κ2) is 21.1. The molecule has 62 heavy (non-hydrogen) atoms. The predicted octanol–water partition coefficient (Wildman–Crippen LogP) is 3.57. The molecule has 0 fully saturated rings. The molecule has 6 aromatic rings. The molecule has 0 saturated heterocycles. The van der Waals surface area contributed by atoms with E-state index in [0.29, 0.717) is 0 Å². The van der Waals surface area contributed by atoms with Crippen molar-refractivity contribution in [3.63, 3.8) is 0 Å². The standard InChI is InChI=1S/C57H63Si.3ClH.Ti/c1-36-26-39(4)51(40(5)27-36)32-48-20-14-17-23-54(48)58(57(13)35-45(10)46(11)47(57)12,55-24-18-15-21-49(55)33-52-41(6)28-37(2)29-42(52)7)56-25-19-16-22-50(56)34-53-43(8)30-38(3)31-44(53)9;;;;/h14-31H,32-34H2,1-13H3;3*1H;/q-1;;;;+4/p-3. The molecule has 0 aromatic heterocycles. The van der Waals surface area contributed by atoms with E-state index in [4.69, 9.17) is 0 Å². The summed E-state index contributed by atoms with van der Waals surface area (Å²) in [5.41, 5.74) is 24.9. The van der Waals surface area contributed by atoms with Crippen LogP contribution in [0.2, 0.25) is 5.04 Å². The van der Waals surface area contributed by atoms with Crippen molar-refractivity contribution in [2.45, 2.75) is 114 Å². The van der Waals surface area contributed by atoms with Gasteiger partial charge in [0.2, 0.25) is 0 Å². The van der Waals surface area contributed by atoms with Gasteiger partial charge in [0.05, 0.1) is 0 Å². The van der Waals surface area contributed by atoms with Crippen LogP contribution in [0.5, 0.6) is 0 Å². The maximum absolute atomic E-state index is 4.33. The van der Waals surface area contributed by atoms with E-state index in [1.807, 2.05) is 0 Å². The zero-order chi connectivity index (χ0) is 41.7. The van der Waals surface area contributed by atoms with Gasteiger partial charge in [-0.15, -0.1) is 6.92 Å². The van der Waals surface area contributed by atoms with Crippen molar-refractivity contribution < 1.29 is 58.9 Å². The van der Waals surface area contributed by atoms with E-state index in [2.05, 4.69) is 205 Å². The Labute approximate surface area is 409 Å². The summed E-state index contributed by atoms with van der Waals surface area (Å²) in [6.45, 7) is 30.1. The van der Waals surface area contributed by atoms with Crippen molar-refractivity contribution in [1.82, 2.24) is 0 Å². The molecule has 0 bridgehead atoms. The molecule has 1 atom stereocenters. The van der Waals surface area contributed by atoms with E-state index < -0.39 is 8.07 Å². The van der Waals surface area contributed by atoms with Crippen LogP contribution in [0.1, 0.15) is 111 Å². The summed E-state index contributed by atoms with van der Waals surface area (Å²) in [5.74, 6) is 0. The largest absolute Gasteiger partial charge is 4.00 e. The summed E-state index contributed by atoms with van der Waals surface area (Å²) in [6.07, 6.45) is 7.00. The van der Waals surface area contributed by atoms with E-state index in [0.717, 1.165) is 19.3 Å². The van der Waals surface area contributed by atoms with Crippen LogP contribution < -0.4 is 52.8 Å². The molecule has 5 heteroatoms. The van der Waals surface area contributed by atoms with Gasteiger partial charge in [-0.3, -0.25) is 6.08 Å². The van der Waals surface area contributed by atoms with Gasteiger partial charge in [0.1, 0.15) is 8.07 Å². The van der Waals surface area contributed by atoms with Crippen LogP contribution in [-0.2, 0) is 41.0 Å². The van der Waals surface area contributed by atoms with Gasteiger partial charge in [0.25, 0.3) is 0 Å². The molecule has 0 heterocycles. The summed E-state index contributed by atoms with van der Waals surface area (Å²) in [7, 11) is -3.18. The number of halogens is 3. The SMILES string of the molecule is CC1=[C-]C(C)([Si](c2ccccc2Cc2c(C)cc(C)cc2C)(c2ccccc2Cc2c(C)cc(C)cc2C)c2ccccc2Cc2c(C)cc(C)cc2C)C(C)=C1C.[Cl-].[Cl-].[Cl-].[Ti+4]. The minimum Gasteiger partial charge on any atom is -1.00 e. The van der Waals surface area contributed by atoms with Crippen LogP contribution in [0.4, 0.5) is 0 Å². The predicted molar refractivity (Wildman–Crippen MR) is 254 cm³/mol. The average Bonchev–Trinajstić information content (AvgIpc) is 3.36. The Kier molecular flexibility index (Phi) is 18.0. The number of benzene rings is 6. The fourth-order valence-corrected chi connectivity index (χ4v) is 17.6. The first-order chi connectivity index (χ1) is 27.6. The van der Waals surface area contributed by atoms with Gasteiger partial charge in [-0.25, -0.2) is 5.57 Å². The molecular weight excluding hydrogens is 867 g/mol. The van der Waals surface area contributed by atoms with Gasteiger partial charge in [0, 0.05) is 0 Å². The molecule has 0 aliphatic heterocycles. The summed E-state index contributed by atoms with van der Waals surface area (Å²) in [4.78, 5) is 0. The minimum absolute atomic E-state index is 0. The van der Waals surface area contributed by atoms with Crippen molar-refractivity contribution in [3.05, 3.63) is 215 Å². The molecule has 0 N–H and O–H groups in total. The summed E-state index contributed by atoms with van der Waals surface area (Å²) in [6, 6.07) is 43.0. The third kappa shape index (κ3) is 9.52. The first-order valence-corrected chi connectivity index (χ1v) is 23.3. The molecule has 0 spiro atoms. The Morgan fingerprint density at radius 2 is 0.677 bits per heavy atom. The summed E-state index contributed by atoms with van der Waals surface area (Å²) >= 11 is 0. The maximum atomic E-state index is 4.33. The van der Waals surface area contributed by atoms with Crippen molar-refractivity contribution in [3.8, 4) is 0 Å². The Bertz CT molecular complexity index is 2330. The summed E-state index contributed by atoms with van der Waals surface area (Å²) in [5, 5.41) is 4.12. The van der Waals surface area contributed by atoms with Crippen LogP contribution in [0, 0.1) is 68.4 Å². The van der Waals surface area contributed by atoms with Gasteiger partial charge >= 0.3 is 21.7 Å². The van der Waals surface area contributed by atoms with E-state index in [9.17, 15) is 0 Å². The Morgan fingerprint density at radius 1 is 0.419 bits per heavy atom. The Balaban J connectivity index is 0.00000256. The number of hydrogen-bond donors (Lipinski definition) is 0. The van der Waals surface area contributed by atoms with Gasteiger partial charge in [-0.05, 0) is 164 Å². The van der Waals surface area contributed by atoms with Crippen LogP contribution in [0.25, 0.3) is 0 Å². The van der Waals surface area contributed by atoms with Crippen LogP contribution >= 0.6 is 0 Å². The normalized spacial score (nSPS) is 14.6. The number of hydrogen-bond acceptors (Lipinski definition) is 0. The zero-order valence-corrected chi connectivity index (χ0v) is 44.0. The molecule has 0 nitrogen and oxygen atoms in total. The smallest absolute Gasteiger partial charge is 1.00 e. The van der Waals surface area contributed by atoms with Crippen molar-refractivity contribution in [2.75, 3.05) is 0 Å². The van der Waals surface area contributed by atoms with Gasteiger partial charge < -0.3 is 37.2 Å². The van der Waals surface area contributed by atoms with Crippen molar-refractivity contribution in [1.29, 1.82) is 0 Å². The fourth-order valence-electron chi connectivity index (χ4n) is 11.0. The van der Waals surface area contributed by atoms with Crippen LogP contribution in [0.3, 0.4) is 0 Å².